The van der Waals surface area contributed by atoms with Crippen LogP contribution in [0.2, 0.25) is 0 Å². The average Bonchev–Trinajstić information content (AvgIpc) is 3.76. The molecule has 1 saturated carbocycles. The number of carbonyl (C=O) groups is 1. The summed E-state index contributed by atoms with van der Waals surface area (Å²) in [6.45, 7) is 9.28. The highest BCUT2D eigenvalue weighted by atomic mass is 16.8. The minimum Gasteiger partial charge on any atom is -0.459 e. The van der Waals surface area contributed by atoms with E-state index in [1.807, 2.05) is 24.3 Å². The van der Waals surface area contributed by atoms with Crippen molar-refractivity contribution in [3.63, 3.8) is 0 Å². The summed E-state index contributed by atoms with van der Waals surface area (Å²) in [6, 6.07) is 16.6. The van der Waals surface area contributed by atoms with E-state index in [2.05, 4.69) is 38.6 Å². The van der Waals surface area contributed by atoms with Crippen LogP contribution in [0.4, 0.5) is 0 Å². The van der Waals surface area contributed by atoms with Crippen LogP contribution in [0, 0.1) is 31.6 Å². The van der Waals surface area contributed by atoms with Gasteiger partial charge in [0.05, 0.1) is 24.8 Å². The van der Waals surface area contributed by atoms with E-state index in [9.17, 15) is 15.0 Å². The van der Waals surface area contributed by atoms with Gasteiger partial charge < -0.3 is 48.4 Å². The van der Waals surface area contributed by atoms with Gasteiger partial charge in [0, 0.05) is 50.1 Å². The van der Waals surface area contributed by atoms with Crippen molar-refractivity contribution in [2.45, 2.75) is 102 Å². The average molecular weight is 837 g/mol. The molecule has 0 aromatic heterocycles. The standard InChI is InChI=1S/C49H60N2O10/c1-5-23-58-49-44(51(4)48(54)34-16-19-42-43(27-34)57-30-56-42)29-40(50-61-45-14-8-11-24-55-45)38-26-33(12-6-9-21-52)37(13-7-10-22-53)46(47(38)49)39-28-36(18-20-41(39)60-49)59-35-17-15-31(2)32(3)25-35/h5,15-20,25-28,33,37,44-47,52-53H,1,6-14,21-24,29-30H2,2-4H3/t33-,37+,44-,45?,46+,47+,49+/m0/s1. The number of oxime groups is 1. The van der Waals surface area contributed by atoms with E-state index >= 15 is 0 Å². The Morgan fingerprint density at radius 3 is 2.48 bits per heavy atom. The van der Waals surface area contributed by atoms with Crippen LogP contribution in [0.15, 0.2) is 84.1 Å². The molecule has 2 fully saturated rings. The van der Waals surface area contributed by atoms with Gasteiger partial charge >= 0.3 is 0 Å². The number of fused-ring (bicyclic) bond motifs is 3. The molecule has 8 rings (SSSR count). The zero-order valence-corrected chi connectivity index (χ0v) is 35.7. The van der Waals surface area contributed by atoms with Gasteiger partial charge in [-0.15, -0.1) is 6.58 Å². The van der Waals surface area contributed by atoms with Crippen LogP contribution in [0.1, 0.15) is 97.2 Å². The van der Waals surface area contributed by atoms with Crippen molar-refractivity contribution in [3.8, 4) is 28.7 Å². The largest absolute Gasteiger partial charge is 0.459 e. The highest BCUT2D eigenvalue weighted by molar-refractivity contribution is 6.03. The van der Waals surface area contributed by atoms with Crippen molar-refractivity contribution in [2.24, 2.45) is 22.9 Å². The third-order valence-corrected chi connectivity index (χ3v) is 13.2. The number of aliphatic hydroxyl groups is 2. The molecule has 0 bridgehead atoms. The van der Waals surface area contributed by atoms with Crippen LogP contribution < -0.4 is 18.9 Å². The van der Waals surface area contributed by atoms with E-state index in [-0.39, 0.29) is 56.7 Å². The number of hydrogen-bond donors (Lipinski definition) is 2. The van der Waals surface area contributed by atoms with Crippen molar-refractivity contribution >= 4 is 11.6 Å². The molecule has 5 aliphatic rings. The molecule has 3 aromatic rings. The Morgan fingerprint density at radius 1 is 0.934 bits per heavy atom. The van der Waals surface area contributed by atoms with Crippen molar-refractivity contribution < 1.29 is 48.3 Å². The second-order valence-corrected chi connectivity index (χ2v) is 17.0. The van der Waals surface area contributed by atoms with Gasteiger partial charge in [-0.05, 0) is 129 Å². The summed E-state index contributed by atoms with van der Waals surface area (Å²) >= 11 is 0. The van der Waals surface area contributed by atoms with E-state index in [0.29, 0.717) is 53.7 Å². The quantitative estimate of drug-likeness (QED) is 0.0772. The van der Waals surface area contributed by atoms with Crippen LogP contribution in [-0.2, 0) is 14.3 Å². The third kappa shape index (κ3) is 8.78. The normalized spacial score (nSPS) is 26.7. The van der Waals surface area contributed by atoms with Gasteiger partial charge in [-0.3, -0.25) is 4.79 Å². The van der Waals surface area contributed by atoms with Crippen molar-refractivity contribution in [1.82, 2.24) is 4.90 Å². The van der Waals surface area contributed by atoms with E-state index in [4.69, 9.17) is 38.4 Å². The lowest BCUT2D eigenvalue weighted by atomic mass is 9.55. The fourth-order valence-corrected chi connectivity index (χ4v) is 10.00. The first kappa shape index (κ1) is 42.8. The molecule has 12 nitrogen and oxygen atoms in total. The molecule has 61 heavy (non-hydrogen) atoms. The topological polar surface area (TPSA) is 138 Å². The van der Waals surface area contributed by atoms with Gasteiger partial charge in [-0.2, -0.15) is 0 Å². The Hall–Kier alpha value is -4.88. The monoisotopic (exact) mass is 836 g/mol. The molecule has 3 aliphatic heterocycles. The number of rotatable bonds is 17. The zero-order valence-electron chi connectivity index (χ0n) is 35.7. The van der Waals surface area contributed by atoms with Crippen molar-refractivity contribution in [2.75, 3.05) is 40.3 Å². The second kappa shape index (κ2) is 19.0. The summed E-state index contributed by atoms with van der Waals surface area (Å²) in [5, 5.41) is 24.8. The van der Waals surface area contributed by atoms with Gasteiger partial charge in [-0.1, -0.05) is 36.2 Å². The number of unbranched alkanes of at least 4 members (excludes halogenated alkanes) is 2. The Morgan fingerprint density at radius 2 is 1.70 bits per heavy atom. The maximum atomic E-state index is 14.8. The molecule has 326 valence electrons. The molecule has 2 N–H and O–H groups in total. The lowest BCUT2D eigenvalue weighted by molar-refractivity contribution is -0.252. The number of allylic oxidation sites excluding steroid dienone is 1. The number of aryl methyl sites for hydroxylation is 2. The van der Waals surface area contributed by atoms with Gasteiger partial charge in [-0.25, -0.2) is 0 Å². The van der Waals surface area contributed by atoms with Gasteiger partial charge in [0.15, 0.2) is 11.5 Å². The zero-order chi connectivity index (χ0) is 42.5. The predicted molar refractivity (Wildman–Crippen MR) is 230 cm³/mol. The number of hydrogen-bond acceptors (Lipinski definition) is 11. The first-order valence-electron chi connectivity index (χ1n) is 22.0. The number of likely N-dealkylation sites (N-methyl/N-ethyl adjacent to an activating group) is 1. The van der Waals surface area contributed by atoms with Gasteiger partial charge in [0.25, 0.3) is 5.91 Å². The first-order valence-corrected chi connectivity index (χ1v) is 22.0. The summed E-state index contributed by atoms with van der Waals surface area (Å²) < 4.78 is 38.2. The van der Waals surface area contributed by atoms with E-state index in [1.165, 1.54) is 5.56 Å². The SMILES string of the molecule is C=CCO[C@@]12Oc3ccc(Oc4ccc(C)c(C)c4)cc3[C@H]3[C@H](CCCCO)[C@@H](CCCCO)C=C(C(=NOC4CCCCO4)C[C@@H]1N(C)C(=O)c1ccc4c(c1)OCO4)[C@H]32. The molecule has 12 heteroatoms. The van der Waals surface area contributed by atoms with E-state index < -0.39 is 24.0 Å². The molecule has 1 unspecified atom stereocenters. The smallest absolute Gasteiger partial charge is 0.254 e. The summed E-state index contributed by atoms with van der Waals surface area (Å²) in [5.41, 5.74) is 5.42. The number of aliphatic hydroxyl groups excluding tert-OH is 2. The molecule has 1 saturated heterocycles. The van der Waals surface area contributed by atoms with Crippen LogP contribution in [0.3, 0.4) is 0 Å². The van der Waals surface area contributed by atoms with Crippen molar-refractivity contribution in [3.05, 3.63) is 101 Å². The molecule has 1 amide bonds. The van der Waals surface area contributed by atoms with E-state index in [1.54, 1.807) is 36.2 Å². The fourth-order valence-electron chi connectivity index (χ4n) is 10.00. The highest BCUT2D eigenvalue weighted by Crippen LogP contribution is 2.62. The number of nitrogens with zero attached hydrogens (tertiary/aromatic N) is 2. The molecule has 3 aromatic carbocycles. The number of amides is 1. The highest BCUT2D eigenvalue weighted by Gasteiger charge is 2.65. The first-order chi connectivity index (χ1) is 29.7. The predicted octanol–water partition coefficient (Wildman–Crippen LogP) is 8.76. The van der Waals surface area contributed by atoms with Crippen LogP contribution in [0.25, 0.3) is 0 Å². The lowest BCUT2D eigenvalue weighted by Gasteiger charge is -2.59. The van der Waals surface area contributed by atoms with E-state index in [0.717, 1.165) is 67.4 Å². The minimum absolute atomic E-state index is 0.0719. The van der Waals surface area contributed by atoms with Crippen LogP contribution in [-0.4, -0.2) is 85.1 Å². The molecule has 2 aliphatic carbocycles. The molecular weight excluding hydrogens is 777 g/mol. The molecule has 7 atom stereocenters. The van der Waals surface area contributed by atoms with Crippen LogP contribution >= 0.6 is 0 Å². The Kier molecular flexibility index (Phi) is 13.3. The molecular formula is C49H60N2O10. The summed E-state index contributed by atoms with van der Waals surface area (Å²) in [7, 11) is 1.79. The molecule has 0 spiro atoms. The summed E-state index contributed by atoms with van der Waals surface area (Å²) in [4.78, 5) is 22.7. The number of carbonyl (C=O) groups excluding carboxylic acids is 1. The number of ether oxygens (including phenoxy) is 6. The Balaban J connectivity index is 1.30. The maximum Gasteiger partial charge on any atom is 0.254 e. The fraction of sp³-hybridized carbons (Fsp3) is 0.510. The molecule has 0 radical (unpaired) electrons. The van der Waals surface area contributed by atoms with Crippen LogP contribution in [0.5, 0.6) is 28.7 Å². The summed E-state index contributed by atoms with van der Waals surface area (Å²) in [6.07, 6.45) is 11.2. The van der Waals surface area contributed by atoms with Gasteiger partial charge in [0.2, 0.25) is 18.9 Å². The number of benzene rings is 3. The van der Waals surface area contributed by atoms with Gasteiger partial charge in [0.1, 0.15) is 23.3 Å². The Labute approximate surface area is 359 Å². The second-order valence-electron chi connectivity index (χ2n) is 17.0. The minimum atomic E-state index is -1.39. The lowest BCUT2D eigenvalue weighted by Crippen LogP contribution is -2.69. The molecule has 3 heterocycles. The third-order valence-electron chi connectivity index (χ3n) is 13.2. The Bertz CT molecular complexity index is 2110. The van der Waals surface area contributed by atoms with Crippen molar-refractivity contribution in [1.29, 1.82) is 0 Å². The maximum absolute atomic E-state index is 14.8. The summed E-state index contributed by atoms with van der Waals surface area (Å²) in [5.74, 6) is 1.07.